The maximum absolute atomic E-state index is 11.6. The lowest BCUT2D eigenvalue weighted by atomic mass is 10.2. The number of rotatable bonds is 5. The molecule has 0 radical (unpaired) electrons. The van der Waals surface area contributed by atoms with Gasteiger partial charge in [-0.25, -0.2) is 0 Å². The first kappa shape index (κ1) is 13.4. The van der Waals surface area contributed by atoms with Crippen LogP contribution in [0, 0.1) is 6.92 Å². The van der Waals surface area contributed by atoms with Crippen molar-refractivity contribution in [1.29, 1.82) is 0 Å². The molecular formula is C13H13ClN2O3. The molecule has 19 heavy (non-hydrogen) atoms. The number of carbonyl (C=O) groups excluding carboxylic acids is 1. The minimum Gasteiger partial charge on any atom is -0.483 e. The monoisotopic (exact) mass is 280 g/mol. The number of hydrogen-bond acceptors (Lipinski definition) is 4. The topological polar surface area (TPSA) is 64.4 Å². The Morgan fingerprint density at radius 3 is 3.05 bits per heavy atom. The van der Waals surface area contributed by atoms with E-state index in [1.165, 1.54) is 6.26 Å². The lowest BCUT2D eigenvalue weighted by Crippen LogP contribution is -2.28. The lowest BCUT2D eigenvalue weighted by Gasteiger charge is -2.09. The quantitative estimate of drug-likeness (QED) is 0.913. The second-order valence-electron chi connectivity index (χ2n) is 3.92. The van der Waals surface area contributed by atoms with Crippen LogP contribution in [0.1, 0.15) is 11.3 Å². The molecule has 0 unspecified atom stereocenters. The fourth-order valence-corrected chi connectivity index (χ4v) is 1.62. The minimum absolute atomic E-state index is 0.0704. The van der Waals surface area contributed by atoms with Gasteiger partial charge in [0.05, 0.1) is 6.54 Å². The molecule has 0 saturated heterocycles. The molecule has 0 saturated carbocycles. The third-order valence-electron chi connectivity index (χ3n) is 2.53. The zero-order valence-electron chi connectivity index (χ0n) is 10.4. The molecular weight excluding hydrogens is 268 g/mol. The van der Waals surface area contributed by atoms with Crippen molar-refractivity contribution in [2.45, 2.75) is 13.5 Å². The Hall–Kier alpha value is -2.01. The van der Waals surface area contributed by atoms with Crippen molar-refractivity contribution in [1.82, 2.24) is 10.5 Å². The summed E-state index contributed by atoms with van der Waals surface area (Å²) in [6.07, 6.45) is 1.45. The molecule has 1 aromatic heterocycles. The average Bonchev–Trinajstić information content (AvgIpc) is 2.91. The molecule has 0 atom stereocenters. The molecule has 2 aromatic rings. The van der Waals surface area contributed by atoms with Crippen molar-refractivity contribution in [2.75, 3.05) is 6.61 Å². The normalized spacial score (nSPS) is 10.2. The first-order valence-electron chi connectivity index (χ1n) is 5.70. The van der Waals surface area contributed by atoms with E-state index in [1.807, 2.05) is 6.92 Å². The van der Waals surface area contributed by atoms with E-state index in [4.69, 9.17) is 16.3 Å². The van der Waals surface area contributed by atoms with Gasteiger partial charge in [-0.3, -0.25) is 4.79 Å². The van der Waals surface area contributed by atoms with Crippen molar-refractivity contribution in [3.63, 3.8) is 0 Å². The van der Waals surface area contributed by atoms with Crippen LogP contribution in [-0.4, -0.2) is 17.7 Å². The third-order valence-corrected chi connectivity index (χ3v) is 2.94. The van der Waals surface area contributed by atoms with Gasteiger partial charge >= 0.3 is 0 Å². The Morgan fingerprint density at radius 1 is 1.47 bits per heavy atom. The highest BCUT2D eigenvalue weighted by Gasteiger charge is 2.07. The summed E-state index contributed by atoms with van der Waals surface area (Å²) in [5.74, 6) is 0.367. The van der Waals surface area contributed by atoms with Gasteiger partial charge in [-0.1, -0.05) is 22.8 Å². The van der Waals surface area contributed by atoms with Crippen LogP contribution in [0.25, 0.3) is 0 Å². The molecule has 0 spiro atoms. The standard InChI is InChI=1S/C13H13ClN2O3/c1-9-11(14)3-2-4-12(9)18-8-13(17)15-7-10-5-6-19-16-10/h2-6H,7-8H2,1H3,(H,15,17). The Morgan fingerprint density at radius 2 is 2.32 bits per heavy atom. The van der Waals surface area contributed by atoms with Crippen LogP contribution in [0.3, 0.4) is 0 Å². The maximum Gasteiger partial charge on any atom is 0.258 e. The predicted octanol–water partition coefficient (Wildman–Crippen LogP) is 2.33. The summed E-state index contributed by atoms with van der Waals surface area (Å²) < 4.78 is 10.1. The Kier molecular flexibility index (Phi) is 4.41. The van der Waals surface area contributed by atoms with Gasteiger partial charge in [-0.15, -0.1) is 0 Å². The number of hydrogen-bond donors (Lipinski definition) is 1. The van der Waals surface area contributed by atoms with Gasteiger partial charge in [-0.2, -0.15) is 0 Å². The Balaban J connectivity index is 1.81. The van der Waals surface area contributed by atoms with Crippen LogP contribution in [0.4, 0.5) is 0 Å². The van der Waals surface area contributed by atoms with Gasteiger partial charge in [0.2, 0.25) is 0 Å². The number of ether oxygens (including phenoxy) is 1. The van der Waals surface area contributed by atoms with Crippen LogP contribution < -0.4 is 10.1 Å². The Labute approximate surface area is 115 Å². The predicted molar refractivity (Wildman–Crippen MR) is 70.0 cm³/mol. The van der Waals surface area contributed by atoms with E-state index in [0.29, 0.717) is 23.0 Å². The summed E-state index contributed by atoms with van der Waals surface area (Å²) in [4.78, 5) is 11.6. The highest BCUT2D eigenvalue weighted by Crippen LogP contribution is 2.24. The van der Waals surface area contributed by atoms with Crippen molar-refractivity contribution >= 4 is 17.5 Å². The van der Waals surface area contributed by atoms with Crippen LogP contribution >= 0.6 is 11.6 Å². The molecule has 1 N–H and O–H groups in total. The highest BCUT2D eigenvalue weighted by molar-refractivity contribution is 6.31. The lowest BCUT2D eigenvalue weighted by molar-refractivity contribution is -0.123. The maximum atomic E-state index is 11.6. The molecule has 1 aromatic carbocycles. The number of carbonyl (C=O) groups is 1. The highest BCUT2D eigenvalue weighted by atomic mass is 35.5. The second-order valence-corrected chi connectivity index (χ2v) is 4.33. The van der Waals surface area contributed by atoms with Gasteiger partial charge in [0.15, 0.2) is 6.61 Å². The van der Waals surface area contributed by atoms with Crippen molar-refractivity contribution in [2.24, 2.45) is 0 Å². The van der Waals surface area contributed by atoms with E-state index in [9.17, 15) is 4.79 Å². The van der Waals surface area contributed by atoms with Gasteiger partial charge < -0.3 is 14.6 Å². The van der Waals surface area contributed by atoms with E-state index >= 15 is 0 Å². The number of aromatic nitrogens is 1. The Bertz CT molecular complexity index is 555. The largest absolute Gasteiger partial charge is 0.483 e. The minimum atomic E-state index is -0.234. The molecule has 0 aliphatic carbocycles. The van der Waals surface area contributed by atoms with Crippen LogP contribution in [0.15, 0.2) is 35.1 Å². The molecule has 0 aliphatic heterocycles. The van der Waals surface area contributed by atoms with Crippen molar-refractivity contribution in [3.05, 3.63) is 46.8 Å². The van der Waals surface area contributed by atoms with Crippen LogP contribution in [0.2, 0.25) is 5.02 Å². The molecule has 0 bridgehead atoms. The van der Waals surface area contributed by atoms with E-state index in [2.05, 4.69) is 15.0 Å². The van der Waals surface area contributed by atoms with Gasteiger partial charge in [0, 0.05) is 16.7 Å². The summed E-state index contributed by atoms with van der Waals surface area (Å²) in [7, 11) is 0. The molecule has 0 aliphatic rings. The first-order chi connectivity index (χ1) is 9.16. The molecule has 2 rings (SSSR count). The number of nitrogens with zero attached hydrogens (tertiary/aromatic N) is 1. The second kappa shape index (κ2) is 6.24. The number of benzene rings is 1. The van der Waals surface area contributed by atoms with Gasteiger partial charge in [-0.05, 0) is 19.1 Å². The smallest absolute Gasteiger partial charge is 0.258 e. The van der Waals surface area contributed by atoms with E-state index in [1.54, 1.807) is 24.3 Å². The van der Waals surface area contributed by atoms with E-state index in [-0.39, 0.29) is 12.5 Å². The summed E-state index contributed by atoms with van der Waals surface area (Å²) in [6, 6.07) is 7.00. The van der Waals surface area contributed by atoms with Crippen LogP contribution in [-0.2, 0) is 11.3 Å². The van der Waals surface area contributed by atoms with Gasteiger partial charge in [0.1, 0.15) is 17.7 Å². The summed E-state index contributed by atoms with van der Waals surface area (Å²) in [5.41, 5.74) is 1.47. The molecule has 6 heteroatoms. The molecule has 0 fully saturated rings. The summed E-state index contributed by atoms with van der Waals surface area (Å²) in [5, 5.41) is 6.97. The molecule has 5 nitrogen and oxygen atoms in total. The molecule has 1 amide bonds. The van der Waals surface area contributed by atoms with Gasteiger partial charge in [0.25, 0.3) is 5.91 Å². The third kappa shape index (κ3) is 3.72. The number of amides is 1. The molecule has 100 valence electrons. The average molecular weight is 281 g/mol. The van der Waals surface area contributed by atoms with E-state index < -0.39 is 0 Å². The van der Waals surface area contributed by atoms with Crippen molar-refractivity contribution < 1.29 is 14.1 Å². The van der Waals surface area contributed by atoms with E-state index in [0.717, 1.165) is 5.56 Å². The fourth-order valence-electron chi connectivity index (χ4n) is 1.46. The number of nitrogens with one attached hydrogen (secondary N) is 1. The zero-order chi connectivity index (χ0) is 13.7. The summed E-state index contributed by atoms with van der Waals surface area (Å²) >= 11 is 5.96. The number of halogens is 1. The SMILES string of the molecule is Cc1c(Cl)cccc1OCC(=O)NCc1ccon1. The zero-order valence-corrected chi connectivity index (χ0v) is 11.1. The molecule has 1 heterocycles. The van der Waals surface area contributed by atoms with Crippen molar-refractivity contribution in [3.8, 4) is 5.75 Å². The first-order valence-corrected chi connectivity index (χ1v) is 6.08. The summed E-state index contributed by atoms with van der Waals surface area (Å²) in [6.45, 7) is 2.08. The van der Waals surface area contributed by atoms with Crippen LogP contribution in [0.5, 0.6) is 5.75 Å². The fraction of sp³-hybridized carbons (Fsp3) is 0.231.